The molecule has 6 nitrogen and oxygen atoms in total. The third-order valence-electron chi connectivity index (χ3n) is 4.27. The summed E-state index contributed by atoms with van der Waals surface area (Å²) in [5.41, 5.74) is 3.06. The fraction of sp³-hybridized carbons (Fsp3) is 0.263. The van der Waals surface area contributed by atoms with E-state index in [9.17, 15) is 23.1 Å². The molecule has 2 aromatic rings. The fourth-order valence-electron chi connectivity index (χ4n) is 2.52. The van der Waals surface area contributed by atoms with Crippen LogP contribution in [0.3, 0.4) is 0 Å². The molecule has 26 heavy (non-hydrogen) atoms. The zero-order valence-electron chi connectivity index (χ0n) is 15.0. The predicted octanol–water partition coefficient (Wildman–Crippen LogP) is 2.57. The summed E-state index contributed by atoms with van der Waals surface area (Å²) in [6.45, 7) is 5.43. The number of carbonyl (C=O) groups is 2. The number of hydrogen-bond acceptors (Lipinski definition) is 4. The van der Waals surface area contributed by atoms with Gasteiger partial charge in [0.2, 0.25) is 0 Å². The molecular formula is C19H21NO5S. The molecular weight excluding hydrogens is 354 g/mol. The van der Waals surface area contributed by atoms with Gasteiger partial charge in [-0.2, -0.15) is 0 Å². The first-order chi connectivity index (χ1) is 12.0. The van der Waals surface area contributed by atoms with Gasteiger partial charge in [-0.3, -0.25) is 4.79 Å². The maximum Gasteiger partial charge on any atom is 0.330 e. The smallest absolute Gasteiger partial charge is 0.330 e. The van der Waals surface area contributed by atoms with Gasteiger partial charge >= 0.3 is 5.97 Å². The SMILES string of the molecule is Cc1ccc(C(NC(=O)c2cc(S(C)(=O)=O)ccc2C)C(=O)O)cc1C. The summed E-state index contributed by atoms with van der Waals surface area (Å²) in [5.74, 6) is -1.84. The normalized spacial score (nSPS) is 12.5. The summed E-state index contributed by atoms with van der Waals surface area (Å²) < 4.78 is 23.4. The highest BCUT2D eigenvalue weighted by Crippen LogP contribution is 2.20. The number of carboxylic acids is 1. The molecule has 0 spiro atoms. The van der Waals surface area contributed by atoms with E-state index in [2.05, 4.69) is 5.32 Å². The van der Waals surface area contributed by atoms with Crippen molar-refractivity contribution >= 4 is 21.7 Å². The molecule has 1 unspecified atom stereocenters. The molecule has 138 valence electrons. The molecule has 2 N–H and O–H groups in total. The molecule has 1 atom stereocenters. The molecule has 0 aliphatic carbocycles. The summed E-state index contributed by atoms with van der Waals surface area (Å²) in [5, 5.41) is 12.0. The van der Waals surface area contributed by atoms with Crippen LogP contribution in [-0.4, -0.2) is 31.7 Å². The van der Waals surface area contributed by atoms with E-state index in [0.717, 1.165) is 17.4 Å². The third kappa shape index (κ3) is 4.29. The second-order valence-electron chi connectivity index (χ2n) is 6.34. The van der Waals surface area contributed by atoms with Crippen molar-refractivity contribution in [2.45, 2.75) is 31.7 Å². The van der Waals surface area contributed by atoms with E-state index in [0.29, 0.717) is 11.1 Å². The fourth-order valence-corrected chi connectivity index (χ4v) is 3.16. The predicted molar refractivity (Wildman–Crippen MR) is 98.0 cm³/mol. The first-order valence-corrected chi connectivity index (χ1v) is 9.81. The Morgan fingerprint density at radius 1 is 0.962 bits per heavy atom. The van der Waals surface area contributed by atoms with E-state index in [4.69, 9.17) is 0 Å². The zero-order chi connectivity index (χ0) is 19.6. The number of hydrogen-bond donors (Lipinski definition) is 2. The second kappa shape index (κ2) is 7.29. The Balaban J connectivity index is 2.39. The van der Waals surface area contributed by atoms with Crippen molar-refractivity contribution in [3.63, 3.8) is 0 Å². The van der Waals surface area contributed by atoms with Gasteiger partial charge in [0.25, 0.3) is 5.91 Å². The Morgan fingerprint density at radius 2 is 1.58 bits per heavy atom. The summed E-state index contributed by atoms with van der Waals surface area (Å²) >= 11 is 0. The molecule has 2 rings (SSSR count). The lowest BCUT2D eigenvalue weighted by Gasteiger charge is -2.17. The summed E-state index contributed by atoms with van der Waals surface area (Å²) in [4.78, 5) is 24.3. The number of amides is 1. The van der Waals surface area contributed by atoms with Crippen LogP contribution < -0.4 is 5.32 Å². The van der Waals surface area contributed by atoms with Crippen LogP contribution in [0.5, 0.6) is 0 Å². The Labute approximate surface area is 152 Å². The first-order valence-electron chi connectivity index (χ1n) is 7.92. The number of nitrogens with one attached hydrogen (secondary N) is 1. The number of rotatable bonds is 5. The largest absolute Gasteiger partial charge is 0.479 e. The molecule has 0 saturated heterocycles. The second-order valence-corrected chi connectivity index (χ2v) is 8.35. The van der Waals surface area contributed by atoms with E-state index in [-0.39, 0.29) is 10.5 Å². The van der Waals surface area contributed by atoms with Crippen molar-refractivity contribution in [1.29, 1.82) is 0 Å². The molecule has 0 aliphatic rings. The minimum Gasteiger partial charge on any atom is -0.479 e. The standard InChI is InChI=1S/C19H21NO5S/c1-11-5-7-14(9-13(11)3)17(19(22)23)20-18(21)16-10-15(26(4,24)25)8-6-12(16)2/h5-10,17H,1-4H3,(H,20,21)(H,22,23). The molecule has 0 saturated carbocycles. The Kier molecular flexibility index (Phi) is 5.51. The molecule has 0 bridgehead atoms. The number of aryl methyl sites for hydroxylation is 3. The quantitative estimate of drug-likeness (QED) is 0.836. The minimum atomic E-state index is -3.48. The van der Waals surface area contributed by atoms with Crippen molar-refractivity contribution in [3.05, 3.63) is 64.2 Å². The van der Waals surface area contributed by atoms with E-state index in [1.807, 2.05) is 13.8 Å². The summed E-state index contributed by atoms with van der Waals surface area (Å²) in [7, 11) is -3.48. The van der Waals surface area contributed by atoms with E-state index >= 15 is 0 Å². The van der Waals surface area contributed by atoms with Crippen molar-refractivity contribution < 1.29 is 23.1 Å². The van der Waals surface area contributed by atoms with E-state index in [1.54, 1.807) is 25.1 Å². The van der Waals surface area contributed by atoms with Crippen LogP contribution in [0.25, 0.3) is 0 Å². The number of carbonyl (C=O) groups excluding carboxylic acids is 1. The molecule has 0 heterocycles. The van der Waals surface area contributed by atoms with Gasteiger partial charge in [-0.05, 0) is 55.2 Å². The number of sulfone groups is 1. The Morgan fingerprint density at radius 3 is 2.12 bits per heavy atom. The van der Waals surface area contributed by atoms with Crippen LogP contribution in [0.1, 0.15) is 38.7 Å². The van der Waals surface area contributed by atoms with Gasteiger partial charge in [0, 0.05) is 11.8 Å². The lowest BCUT2D eigenvalue weighted by molar-refractivity contribution is -0.139. The maximum atomic E-state index is 12.6. The average Bonchev–Trinajstić information content (AvgIpc) is 2.54. The average molecular weight is 375 g/mol. The van der Waals surface area contributed by atoms with Gasteiger partial charge < -0.3 is 10.4 Å². The Bertz CT molecular complexity index is 979. The van der Waals surface area contributed by atoms with Gasteiger partial charge in [0.05, 0.1) is 4.90 Å². The highest BCUT2D eigenvalue weighted by Gasteiger charge is 2.24. The molecule has 0 fully saturated rings. The van der Waals surface area contributed by atoms with Crippen LogP contribution in [0.15, 0.2) is 41.3 Å². The van der Waals surface area contributed by atoms with Crippen LogP contribution in [-0.2, 0) is 14.6 Å². The first kappa shape index (κ1) is 19.7. The number of carboxylic acid groups (broad SMARTS) is 1. The van der Waals surface area contributed by atoms with Gasteiger partial charge in [0.1, 0.15) is 0 Å². The Hall–Kier alpha value is -2.67. The highest BCUT2D eigenvalue weighted by molar-refractivity contribution is 7.90. The maximum absolute atomic E-state index is 12.6. The minimum absolute atomic E-state index is 0.00584. The zero-order valence-corrected chi connectivity index (χ0v) is 15.8. The van der Waals surface area contributed by atoms with Gasteiger partial charge in [0.15, 0.2) is 15.9 Å². The summed E-state index contributed by atoms with van der Waals surface area (Å²) in [6, 6.07) is 8.14. The van der Waals surface area contributed by atoms with Gasteiger partial charge in [-0.15, -0.1) is 0 Å². The topological polar surface area (TPSA) is 101 Å². The molecule has 1 amide bonds. The summed E-state index contributed by atoms with van der Waals surface area (Å²) in [6.07, 6.45) is 1.05. The van der Waals surface area contributed by atoms with Crippen LogP contribution >= 0.6 is 0 Å². The van der Waals surface area contributed by atoms with Crippen LogP contribution in [0.4, 0.5) is 0 Å². The van der Waals surface area contributed by atoms with Crippen molar-refractivity contribution in [1.82, 2.24) is 5.32 Å². The molecule has 7 heteroatoms. The van der Waals surface area contributed by atoms with E-state index < -0.39 is 27.8 Å². The van der Waals surface area contributed by atoms with Crippen LogP contribution in [0.2, 0.25) is 0 Å². The lowest BCUT2D eigenvalue weighted by Crippen LogP contribution is -2.34. The van der Waals surface area contributed by atoms with Gasteiger partial charge in [-0.25, -0.2) is 13.2 Å². The molecule has 0 radical (unpaired) electrons. The van der Waals surface area contributed by atoms with Gasteiger partial charge in [-0.1, -0.05) is 24.3 Å². The van der Waals surface area contributed by atoms with E-state index in [1.165, 1.54) is 18.2 Å². The molecule has 0 aliphatic heterocycles. The number of aliphatic carboxylic acids is 1. The monoisotopic (exact) mass is 375 g/mol. The van der Waals surface area contributed by atoms with Crippen molar-refractivity contribution in [3.8, 4) is 0 Å². The van der Waals surface area contributed by atoms with Crippen molar-refractivity contribution in [2.24, 2.45) is 0 Å². The lowest BCUT2D eigenvalue weighted by atomic mass is 10.0. The molecule has 2 aromatic carbocycles. The molecule has 0 aromatic heterocycles. The van der Waals surface area contributed by atoms with Crippen LogP contribution in [0, 0.1) is 20.8 Å². The highest BCUT2D eigenvalue weighted by atomic mass is 32.2. The van der Waals surface area contributed by atoms with Crippen molar-refractivity contribution in [2.75, 3.05) is 6.26 Å². The number of benzene rings is 2. The third-order valence-corrected chi connectivity index (χ3v) is 5.38.